The Balaban J connectivity index is 1.93. The highest BCUT2D eigenvalue weighted by Crippen LogP contribution is 2.47. The summed E-state index contributed by atoms with van der Waals surface area (Å²) in [5, 5.41) is 21.8. The number of nitrogens with zero attached hydrogens (tertiary/aromatic N) is 2. The minimum absolute atomic E-state index is 0.289. The fourth-order valence-corrected chi connectivity index (χ4v) is 4.08. The molecule has 0 amide bonds. The van der Waals surface area contributed by atoms with E-state index in [0.717, 1.165) is 52.5 Å². The monoisotopic (exact) mass is 404 g/mol. The van der Waals surface area contributed by atoms with E-state index in [1.807, 2.05) is 48.5 Å². The molecular weight excluding hydrogens is 384 g/mol. The summed E-state index contributed by atoms with van der Waals surface area (Å²) >= 11 is 6.58. The van der Waals surface area contributed by atoms with E-state index < -0.39 is 0 Å². The van der Waals surface area contributed by atoms with E-state index >= 15 is 0 Å². The number of ether oxygens (including phenoxy) is 1. The summed E-state index contributed by atoms with van der Waals surface area (Å²) < 4.78 is 5.27. The first-order valence-corrected chi connectivity index (χ1v) is 9.93. The van der Waals surface area contributed by atoms with Gasteiger partial charge in [-0.25, -0.2) is 0 Å². The third-order valence-corrected chi connectivity index (χ3v) is 5.54. The molecule has 1 aliphatic rings. The summed E-state index contributed by atoms with van der Waals surface area (Å²) in [6, 6.07) is 17.9. The highest BCUT2D eigenvalue weighted by Gasteiger charge is 2.35. The van der Waals surface area contributed by atoms with Crippen LogP contribution in [0, 0.1) is 11.3 Å². The van der Waals surface area contributed by atoms with Crippen molar-refractivity contribution < 1.29 is 4.74 Å². The SMILES string of the molecule is CCCC1=C(C#N)C(c2ccccc2Cl)c2c(n[nH]c2-c2ccc(OC)cc2)N1. The molecule has 1 aliphatic heterocycles. The summed E-state index contributed by atoms with van der Waals surface area (Å²) in [5.74, 6) is 1.23. The topological polar surface area (TPSA) is 73.7 Å². The molecule has 2 heterocycles. The van der Waals surface area contributed by atoms with Gasteiger partial charge in [0, 0.05) is 21.8 Å². The second-order valence-electron chi connectivity index (χ2n) is 6.92. The number of hydrogen-bond acceptors (Lipinski definition) is 4. The van der Waals surface area contributed by atoms with Gasteiger partial charge >= 0.3 is 0 Å². The van der Waals surface area contributed by atoms with Gasteiger partial charge in [-0.1, -0.05) is 43.1 Å². The number of aromatic amines is 1. The van der Waals surface area contributed by atoms with E-state index in [9.17, 15) is 5.26 Å². The Bertz CT molecular complexity index is 1110. The lowest BCUT2D eigenvalue weighted by Crippen LogP contribution is -2.18. The Kier molecular flexibility index (Phi) is 5.28. The zero-order valence-electron chi connectivity index (χ0n) is 16.3. The summed E-state index contributed by atoms with van der Waals surface area (Å²) in [6.45, 7) is 2.09. The van der Waals surface area contributed by atoms with E-state index in [-0.39, 0.29) is 5.92 Å². The second-order valence-corrected chi connectivity index (χ2v) is 7.33. The highest BCUT2D eigenvalue weighted by molar-refractivity contribution is 6.31. The van der Waals surface area contributed by atoms with Gasteiger partial charge in [-0.3, -0.25) is 5.10 Å². The molecule has 0 saturated carbocycles. The average Bonchev–Trinajstić information content (AvgIpc) is 3.17. The molecular formula is C23H21ClN4O. The Morgan fingerprint density at radius 1 is 1.17 bits per heavy atom. The molecule has 0 fully saturated rings. The van der Waals surface area contributed by atoms with Crippen molar-refractivity contribution in [2.24, 2.45) is 0 Å². The van der Waals surface area contributed by atoms with Crippen LogP contribution in [0.25, 0.3) is 11.3 Å². The van der Waals surface area contributed by atoms with Gasteiger partial charge in [0.2, 0.25) is 0 Å². The molecule has 29 heavy (non-hydrogen) atoms. The van der Waals surface area contributed by atoms with Crippen molar-refractivity contribution in [3.63, 3.8) is 0 Å². The predicted molar refractivity (Wildman–Crippen MR) is 115 cm³/mol. The van der Waals surface area contributed by atoms with Crippen molar-refractivity contribution in [2.45, 2.75) is 25.7 Å². The van der Waals surface area contributed by atoms with Gasteiger partial charge in [0.15, 0.2) is 5.82 Å². The van der Waals surface area contributed by atoms with Gasteiger partial charge in [0.05, 0.1) is 30.4 Å². The van der Waals surface area contributed by atoms with Gasteiger partial charge in [-0.05, 0) is 42.3 Å². The van der Waals surface area contributed by atoms with E-state index in [2.05, 4.69) is 28.5 Å². The molecule has 2 aromatic carbocycles. The standard InChI is InChI=1S/C23H21ClN4O/c1-3-6-19-17(13-25)20(16-7-4-5-8-18(16)24)21-22(27-28-23(21)26-19)14-9-11-15(29-2)12-10-14/h4-5,7-12,20H,3,6H2,1-2H3,(H2,26,27,28). The Labute approximate surface area is 175 Å². The predicted octanol–water partition coefficient (Wildman–Crippen LogP) is 5.87. The normalized spacial score (nSPS) is 15.4. The maximum absolute atomic E-state index is 10.1. The first-order chi connectivity index (χ1) is 14.2. The Morgan fingerprint density at radius 3 is 2.59 bits per heavy atom. The van der Waals surface area contributed by atoms with Crippen LogP contribution in [-0.2, 0) is 0 Å². The number of halogens is 1. The lowest BCUT2D eigenvalue weighted by atomic mass is 9.80. The molecule has 0 saturated heterocycles. The lowest BCUT2D eigenvalue weighted by molar-refractivity contribution is 0.415. The van der Waals surface area contributed by atoms with E-state index in [4.69, 9.17) is 16.3 Å². The van der Waals surface area contributed by atoms with Crippen LogP contribution in [0.3, 0.4) is 0 Å². The first-order valence-electron chi connectivity index (χ1n) is 9.55. The summed E-state index contributed by atoms with van der Waals surface area (Å²) in [7, 11) is 1.64. The fourth-order valence-electron chi connectivity index (χ4n) is 3.83. The average molecular weight is 405 g/mol. The molecule has 3 aromatic rings. The molecule has 1 aromatic heterocycles. The molecule has 4 rings (SSSR count). The third kappa shape index (κ3) is 3.37. The number of fused-ring (bicyclic) bond motifs is 1. The number of anilines is 1. The smallest absolute Gasteiger partial charge is 0.156 e. The van der Waals surface area contributed by atoms with Crippen molar-refractivity contribution in [3.05, 3.63) is 76.0 Å². The molecule has 5 nitrogen and oxygen atoms in total. The molecule has 6 heteroatoms. The molecule has 0 radical (unpaired) electrons. The third-order valence-electron chi connectivity index (χ3n) is 5.19. The maximum atomic E-state index is 10.1. The number of benzene rings is 2. The molecule has 0 aliphatic carbocycles. The number of nitrogens with one attached hydrogen (secondary N) is 2. The van der Waals surface area contributed by atoms with Crippen molar-refractivity contribution in [3.8, 4) is 23.1 Å². The molecule has 2 N–H and O–H groups in total. The van der Waals surface area contributed by atoms with Crippen molar-refractivity contribution in [1.29, 1.82) is 5.26 Å². The minimum atomic E-state index is -0.289. The number of H-pyrrole nitrogens is 1. The van der Waals surface area contributed by atoms with Crippen LogP contribution in [0.15, 0.2) is 59.8 Å². The van der Waals surface area contributed by atoms with Gasteiger partial charge in [0.1, 0.15) is 5.75 Å². The van der Waals surface area contributed by atoms with E-state index in [0.29, 0.717) is 10.6 Å². The van der Waals surface area contributed by atoms with Crippen molar-refractivity contribution >= 4 is 17.4 Å². The van der Waals surface area contributed by atoms with Crippen LogP contribution in [0.1, 0.15) is 36.8 Å². The lowest BCUT2D eigenvalue weighted by Gasteiger charge is -2.27. The van der Waals surface area contributed by atoms with Crippen molar-refractivity contribution in [1.82, 2.24) is 10.2 Å². The fraction of sp³-hybridized carbons (Fsp3) is 0.217. The summed E-state index contributed by atoms with van der Waals surface area (Å²) in [5.41, 5.74) is 5.25. The van der Waals surface area contributed by atoms with Crippen LogP contribution in [0.2, 0.25) is 5.02 Å². The molecule has 0 bridgehead atoms. The van der Waals surface area contributed by atoms with Crippen LogP contribution in [0.5, 0.6) is 5.75 Å². The number of methoxy groups -OCH3 is 1. The molecule has 1 atom stereocenters. The Morgan fingerprint density at radius 2 is 1.93 bits per heavy atom. The quantitative estimate of drug-likeness (QED) is 0.557. The first kappa shape index (κ1) is 19.1. The molecule has 0 spiro atoms. The number of hydrogen-bond donors (Lipinski definition) is 2. The van der Waals surface area contributed by atoms with Gasteiger partial charge in [-0.2, -0.15) is 10.4 Å². The molecule has 1 unspecified atom stereocenters. The summed E-state index contributed by atoms with van der Waals surface area (Å²) in [4.78, 5) is 0. The zero-order valence-corrected chi connectivity index (χ0v) is 17.0. The van der Waals surface area contributed by atoms with Crippen LogP contribution >= 0.6 is 11.6 Å². The second kappa shape index (κ2) is 8.02. The minimum Gasteiger partial charge on any atom is -0.497 e. The molecule has 146 valence electrons. The van der Waals surface area contributed by atoms with Gasteiger partial charge in [0.25, 0.3) is 0 Å². The maximum Gasteiger partial charge on any atom is 0.156 e. The van der Waals surface area contributed by atoms with E-state index in [1.165, 1.54) is 0 Å². The van der Waals surface area contributed by atoms with Gasteiger partial charge in [-0.15, -0.1) is 0 Å². The highest BCUT2D eigenvalue weighted by atomic mass is 35.5. The number of aromatic nitrogens is 2. The number of nitriles is 1. The number of allylic oxidation sites excluding steroid dienone is 2. The van der Waals surface area contributed by atoms with Gasteiger partial charge < -0.3 is 10.1 Å². The van der Waals surface area contributed by atoms with E-state index in [1.54, 1.807) is 7.11 Å². The Hall–Kier alpha value is -3.23. The summed E-state index contributed by atoms with van der Waals surface area (Å²) in [6.07, 6.45) is 1.70. The van der Waals surface area contributed by atoms with Crippen molar-refractivity contribution in [2.75, 3.05) is 12.4 Å². The van der Waals surface area contributed by atoms with Crippen LogP contribution in [0.4, 0.5) is 5.82 Å². The van der Waals surface area contributed by atoms with Crippen LogP contribution < -0.4 is 10.1 Å². The zero-order chi connectivity index (χ0) is 20.4. The number of rotatable bonds is 5. The largest absolute Gasteiger partial charge is 0.497 e. The van der Waals surface area contributed by atoms with Crippen LogP contribution in [-0.4, -0.2) is 17.3 Å².